The van der Waals surface area contributed by atoms with E-state index in [1.54, 1.807) is 18.2 Å². The molecule has 0 aromatic heterocycles. The van der Waals surface area contributed by atoms with E-state index in [9.17, 15) is 20.2 Å². The smallest absolute Gasteiger partial charge is 0.271 e. The molecule has 184 valence electrons. The first kappa shape index (κ1) is 25.2. The molecule has 0 aliphatic rings. The van der Waals surface area contributed by atoms with Crippen molar-refractivity contribution in [2.45, 2.75) is 6.61 Å². The van der Waals surface area contributed by atoms with E-state index < -0.39 is 10.8 Å². The van der Waals surface area contributed by atoms with Crippen molar-refractivity contribution in [1.82, 2.24) is 0 Å². The van der Waals surface area contributed by atoms with Crippen LogP contribution in [0.5, 0.6) is 11.5 Å². The van der Waals surface area contributed by atoms with Crippen molar-refractivity contribution in [3.63, 3.8) is 0 Å². The lowest BCUT2D eigenvalue weighted by Crippen LogP contribution is -2.14. The van der Waals surface area contributed by atoms with Crippen molar-refractivity contribution in [1.29, 1.82) is 5.26 Å². The van der Waals surface area contributed by atoms with E-state index in [-0.39, 0.29) is 28.6 Å². The zero-order chi connectivity index (χ0) is 26.4. The summed E-state index contributed by atoms with van der Waals surface area (Å²) in [4.78, 5) is 23.2. The number of hydrogen-bond acceptors (Lipinski definition) is 6. The maximum absolute atomic E-state index is 12.7. The summed E-state index contributed by atoms with van der Waals surface area (Å²) in [6.07, 6.45) is 1.38. The van der Waals surface area contributed by atoms with Crippen molar-refractivity contribution in [2.75, 3.05) is 12.4 Å². The molecule has 0 saturated heterocycles. The van der Waals surface area contributed by atoms with E-state index in [1.807, 2.05) is 48.5 Å². The van der Waals surface area contributed by atoms with Crippen LogP contribution in [0.2, 0.25) is 5.02 Å². The molecule has 0 radical (unpaired) electrons. The average molecular weight is 514 g/mol. The molecule has 0 aliphatic heterocycles. The zero-order valence-corrected chi connectivity index (χ0v) is 20.4. The predicted molar refractivity (Wildman–Crippen MR) is 142 cm³/mol. The summed E-state index contributed by atoms with van der Waals surface area (Å²) in [6, 6.07) is 24.5. The van der Waals surface area contributed by atoms with Crippen LogP contribution >= 0.6 is 11.6 Å². The highest BCUT2D eigenvalue weighted by Gasteiger charge is 2.16. The minimum atomic E-state index is -0.765. The van der Waals surface area contributed by atoms with Crippen LogP contribution in [0.25, 0.3) is 16.8 Å². The topological polar surface area (TPSA) is 114 Å². The number of nitro benzene ring substituents is 1. The van der Waals surface area contributed by atoms with Crippen LogP contribution in [0.4, 0.5) is 11.4 Å². The molecule has 0 spiro atoms. The van der Waals surface area contributed by atoms with Gasteiger partial charge in [0.1, 0.15) is 18.2 Å². The number of nitriles is 1. The van der Waals surface area contributed by atoms with Crippen LogP contribution in [0.1, 0.15) is 11.1 Å². The number of anilines is 1. The summed E-state index contributed by atoms with van der Waals surface area (Å²) >= 11 is 6.06. The number of rotatable bonds is 8. The van der Waals surface area contributed by atoms with Gasteiger partial charge in [0, 0.05) is 12.1 Å². The van der Waals surface area contributed by atoms with Crippen LogP contribution in [0.15, 0.2) is 84.4 Å². The fraction of sp³-hybridized carbons (Fsp3) is 0.0714. The number of halogens is 1. The number of carbonyl (C=O) groups excluding carboxylic acids is 1. The van der Waals surface area contributed by atoms with Gasteiger partial charge in [-0.05, 0) is 46.2 Å². The SMILES string of the molecule is COc1ccc(/C=C(\C#N)C(=O)Nc2cc([N+](=O)[O-])ccc2Cl)cc1OCc1cccc2ccccc12. The van der Waals surface area contributed by atoms with Crippen LogP contribution in [-0.2, 0) is 11.4 Å². The van der Waals surface area contributed by atoms with Gasteiger partial charge >= 0.3 is 0 Å². The monoisotopic (exact) mass is 513 g/mol. The molecule has 4 aromatic carbocycles. The number of nitrogens with zero attached hydrogens (tertiary/aromatic N) is 2. The summed E-state index contributed by atoms with van der Waals surface area (Å²) in [7, 11) is 1.52. The molecule has 4 rings (SSSR count). The van der Waals surface area contributed by atoms with E-state index in [1.165, 1.54) is 25.3 Å². The number of nitro groups is 1. The maximum Gasteiger partial charge on any atom is 0.271 e. The first-order valence-electron chi connectivity index (χ1n) is 11.0. The van der Waals surface area contributed by atoms with Crippen LogP contribution in [0, 0.1) is 21.4 Å². The van der Waals surface area contributed by atoms with Gasteiger partial charge in [0.05, 0.1) is 22.7 Å². The number of fused-ring (bicyclic) bond motifs is 1. The molecule has 0 aliphatic carbocycles. The quantitative estimate of drug-likeness (QED) is 0.124. The van der Waals surface area contributed by atoms with E-state index in [0.29, 0.717) is 17.1 Å². The van der Waals surface area contributed by atoms with Gasteiger partial charge in [-0.15, -0.1) is 0 Å². The molecule has 0 atom stereocenters. The Labute approximate surface area is 217 Å². The number of ether oxygens (including phenoxy) is 2. The molecular formula is C28H20ClN3O5. The Balaban J connectivity index is 1.57. The standard InChI is InChI=1S/C28H20ClN3O5/c1-36-26-12-9-18(14-27(26)37-17-20-7-4-6-19-5-2-3-8-23(19)20)13-21(16-30)28(33)31-25-15-22(32(34)35)10-11-24(25)29/h2-15H,17H2,1H3,(H,31,33)/b21-13+. The largest absolute Gasteiger partial charge is 0.493 e. The Morgan fingerprint density at radius 1 is 1.08 bits per heavy atom. The number of non-ortho nitro benzene ring substituents is 1. The molecule has 37 heavy (non-hydrogen) atoms. The van der Waals surface area contributed by atoms with Gasteiger partial charge in [-0.3, -0.25) is 14.9 Å². The van der Waals surface area contributed by atoms with Gasteiger partial charge in [0.25, 0.3) is 11.6 Å². The lowest BCUT2D eigenvalue weighted by Gasteiger charge is -2.13. The third-order valence-electron chi connectivity index (χ3n) is 5.54. The molecule has 0 saturated carbocycles. The van der Waals surface area contributed by atoms with Crippen LogP contribution in [-0.4, -0.2) is 17.9 Å². The van der Waals surface area contributed by atoms with Crippen LogP contribution in [0.3, 0.4) is 0 Å². The minimum Gasteiger partial charge on any atom is -0.493 e. The van der Waals surface area contributed by atoms with Gasteiger partial charge in [-0.2, -0.15) is 5.26 Å². The Kier molecular flexibility index (Phi) is 7.67. The van der Waals surface area contributed by atoms with Crippen molar-refractivity contribution in [3.05, 3.63) is 111 Å². The van der Waals surface area contributed by atoms with Crippen molar-refractivity contribution in [2.24, 2.45) is 0 Å². The van der Waals surface area contributed by atoms with Crippen LogP contribution < -0.4 is 14.8 Å². The molecule has 0 unspecified atom stereocenters. The predicted octanol–water partition coefficient (Wildman–Crippen LogP) is 6.53. The molecule has 8 nitrogen and oxygen atoms in total. The molecule has 1 N–H and O–H groups in total. The summed E-state index contributed by atoms with van der Waals surface area (Å²) in [5.41, 5.74) is 1.06. The number of hydrogen-bond donors (Lipinski definition) is 1. The highest BCUT2D eigenvalue weighted by molar-refractivity contribution is 6.34. The third-order valence-corrected chi connectivity index (χ3v) is 5.87. The molecule has 4 aromatic rings. The maximum atomic E-state index is 12.7. The van der Waals surface area contributed by atoms with Gasteiger partial charge in [-0.25, -0.2) is 0 Å². The summed E-state index contributed by atoms with van der Waals surface area (Å²) in [5, 5.41) is 25.4. The van der Waals surface area contributed by atoms with Crippen molar-refractivity contribution in [3.8, 4) is 17.6 Å². The minimum absolute atomic E-state index is 0.0239. The average Bonchev–Trinajstić information content (AvgIpc) is 2.91. The van der Waals surface area contributed by atoms with E-state index in [2.05, 4.69) is 5.32 Å². The highest BCUT2D eigenvalue weighted by atomic mass is 35.5. The van der Waals surface area contributed by atoms with E-state index in [0.717, 1.165) is 22.4 Å². The van der Waals surface area contributed by atoms with E-state index in [4.69, 9.17) is 21.1 Å². The number of nitrogens with one attached hydrogen (secondary N) is 1. The number of carbonyl (C=O) groups is 1. The fourth-order valence-corrected chi connectivity index (χ4v) is 3.86. The first-order valence-corrected chi connectivity index (χ1v) is 11.4. The Hall–Kier alpha value is -4.87. The van der Waals surface area contributed by atoms with Gasteiger partial charge in [-0.1, -0.05) is 60.1 Å². The second-order valence-corrected chi connectivity index (χ2v) is 8.29. The Morgan fingerprint density at radius 2 is 1.86 bits per heavy atom. The van der Waals surface area contributed by atoms with Crippen molar-refractivity contribution >= 4 is 45.7 Å². The number of benzene rings is 4. The van der Waals surface area contributed by atoms with Gasteiger partial charge in [0.2, 0.25) is 0 Å². The lowest BCUT2D eigenvalue weighted by molar-refractivity contribution is -0.384. The lowest BCUT2D eigenvalue weighted by atomic mass is 10.1. The number of amides is 1. The third kappa shape index (κ3) is 5.86. The second kappa shape index (κ2) is 11.2. The first-order chi connectivity index (χ1) is 17.9. The summed E-state index contributed by atoms with van der Waals surface area (Å²) in [6.45, 7) is 0.280. The number of methoxy groups -OCH3 is 1. The van der Waals surface area contributed by atoms with Gasteiger partial charge < -0.3 is 14.8 Å². The molecule has 0 bridgehead atoms. The zero-order valence-electron chi connectivity index (χ0n) is 19.6. The Bertz CT molecular complexity index is 1570. The molecule has 9 heteroatoms. The normalized spacial score (nSPS) is 11.0. The fourth-order valence-electron chi connectivity index (χ4n) is 3.70. The van der Waals surface area contributed by atoms with Crippen molar-refractivity contribution < 1.29 is 19.2 Å². The summed E-state index contributed by atoms with van der Waals surface area (Å²) < 4.78 is 11.5. The highest BCUT2D eigenvalue weighted by Crippen LogP contribution is 2.31. The summed E-state index contributed by atoms with van der Waals surface area (Å²) in [5.74, 6) is 0.159. The molecule has 1 amide bonds. The van der Waals surface area contributed by atoms with Gasteiger partial charge in [0.15, 0.2) is 11.5 Å². The molecule has 0 fully saturated rings. The second-order valence-electron chi connectivity index (χ2n) is 7.88. The van der Waals surface area contributed by atoms with E-state index >= 15 is 0 Å². The Morgan fingerprint density at radius 3 is 2.62 bits per heavy atom. The molecular weight excluding hydrogens is 494 g/mol. The molecule has 0 heterocycles.